The summed E-state index contributed by atoms with van der Waals surface area (Å²) in [5, 5.41) is 4.31. The minimum Gasteiger partial charge on any atom is -0.368 e. The molecule has 6 heteroatoms. The van der Waals surface area contributed by atoms with Gasteiger partial charge in [-0.05, 0) is 60.2 Å². The molecular weight excluding hydrogens is 386 g/mol. The van der Waals surface area contributed by atoms with Crippen molar-refractivity contribution < 1.29 is 4.79 Å². The molecule has 3 heterocycles. The Morgan fingerprint density at radius 1 is 0.871 bits per heavy atom. The number of fused-ring (bicyclic) bond motifs is 1. The van der Waals surface area contributed by atoms with Crippen LogP contribution in [0.3, 0.4) is 0 Å². The number of nitrogens with one attached hydrogen (secondary N) is 1. The third kappa shape index (κ3) is 5.29. The summed E-state index contributed by atoms with van der Waals surface area (Å²) in [4.78, 5) is 25.2. The Balaban J connectivity index is 1.41. The monoisotopic (exact) mass is 411 g/mol. The second-order valence-electron chi connectivity index (χ2n) is 7.47. The molecule has 4 rings (SSSR count). The van der Waals surface area contributed by atoms with Crippen LogP contribution in [0.4, 0.5) is 0 Å². The zero-order chi connectivity index (χ0) is 21.5. The molecule has 3 aromatic heterocycles. The van der Waals surface area contributed by atoms with E-state index < -0.39 is 11.9 Å². The predicted molar refractivity (Wildman–Crippen MR) is 121 cm³/mol. The molecule has 31 heavy (non-hydrogen) atoms. The zero-order valence-corrected chi connectivity index (χ0v) is 17.2. The van der Waals surface area contributed by atoms with Gasteiger partial charge < -0.3 is 11.1 Å². The van der Waals surface area contributed by atoms with Crippen molar-refractivity contribution in [2.45, 2.75) is 25.3 Å². The Kier molecular flexibility index (Phi) is 6.59. The van der Waals surface area contributed by atoms with Crippen molar-refractivity contribution in [3.05, 3.63) is 102 Å². The van der Waals surface area contributed by atoms with Crippen LogP contribution in [0, 0.1) is 0 Å². The van der Waals surface area contributed by atoms with Gasteiger partial charge in [-0.2, -0.15) is 0 Å². The van der Waals surface area contributed by atoms with Crippen LogP contribution in [0.1, 0.15) is 28.4 Å². The maximum atomic E-state index is 12.1. The van der Waals surface area contributed by atoms with Crippen LogP contribution in [-0.4, -0.2) is 27.4 Å². The van der Waals surface area contributed by atoms with Gasteiger partial charge in [0, 0.05) is 36.7 Å². The van der Waals surface area contributed by atoms with Gasteiger partial charge >= 0.3 is 0 Å². The molecule has 1 atom stereocenters. The molecule has 1 unspecified atom stereocenters. The number of amides is 1. The number of nitrogens with zero attached hydrogens (tertiary/aromatic N) is 3. The SMILES string of the molecule is NC(=O)C(NCCc1ccncc1CCc1cccnc1)c1ccc2ccccc2n1. The lowest BCUT2D eigenvalue weighted by Crippen LogP contribution is -2.35. The van der Waals surface area contributed by atoms with Gasteiger partial charge in [0.05, 0.1) is 11.2 Å². The summed E-state index contributed by atoms with van der Waals surface area (Å²) in [7, 11) is 0. The quantitative estimate of drug-likeness (QED) is 0.441. The van der Waals surface area contributed by atoms with E-state index >= 15 is 0 Å². The van der Waals surface area contributed by atoms with Gasteiger partial charge in [-0.1, -0.05) is 30.3 Å². The third-order valence-electron chi connectivity index (χ3n) is 5.35. The number of primary amides is 1. The molecule has 3 N–H and O–H groups in total. The maximum absolute atomic E-state index is 12.1. The Morgan fingerprint density at radius 3 is 2.58 bits per heavy atom. The van der Waals surface area contributed by atoms with Crippen LogP contribution in [0.25, 0.3) is 10.9 Å². The Bertz CT molecular complexity index is 1160. The Hall–Kier alpha value is -3.64. The number of carbonyl (C=O) groups is 1. The largest absolute Gasteiger partial charge is 0.368 e. The summed E-state index contributed by atoms with van der Waals surface area (Å²) in [6.45, 7) is 0.603. The van der Waals surface area contributed by atoms with E-state index in [4.69, 9.17) is 5.73 Å². The molecule has 0 saturated heterocycles. The van der Waals surface area contributed by atoms with Gasteiger partial charge in [0.25, 0.3) is 0 Å². The number of benzene rings is 1. The zero-order valence-electron chi connectivity index (χ0n) is 17.2. The molecule has 0 saturated carbocycles. The minimum atomic E-state index is -0.634. The molecule has 4 aromatic rings. The summed E-state index contributed by atoms with van der Waals surface area (Å²) in [6.07, 6.45) is 9.96. The number of hydrogen-bond acceptors (Lipinski definition) is 5. The van der Waals surface area contributed by atoms with E-state index in [1.807, 2.05) is 60.9 Å². The number of pyridine rings is 3. The van der Waals surface area contributed by atoms with Crippen molar-refractivity contribution in [1.29, 1.82) is 0 Å². The van der Waals surface area contributed by atoms with Crippen molar-refractivity contribution in [2.75, 3.05) is 6.54 Å². The number of aromatic nitrogens is 3. The van der Waals surface area contributed by atoms with Gasteiger partial charge in [0.2, 0.25) is 5.91 Å². The first-order valence-corrected chi connectivity index (χ1v) is 10.4. The van der Waals surface area contributed by atoms with Crippen molar-refractivity contribution in [1.82, 2.24) is 20.3 Å². The number of nitrogens with two attached hydrogens (primary N) is 1. The van der Waals surface area contributed by atoms with E-state index in [1.165, 1.54) is 16.7 Å². The van der Waals surface area contributed by atoms with E-state index in [0.29, 0.717) is 12.2 Å². The van der Waals surface area contributed by atoms with Gasteiger partial charge in [-0.25, -0.2) is 0 Å². The fourth-order valence-corrected chi connectivity index (χ4v) is 3.69. The minimum absolute atomic E-state index is 0.436. The lowest BCUT2D eigenvalue weighted by atomic mass is 10.0. The molecule has 0 radical (unpaired) electrons. The number of carbonyl (C=O) groups excluding carboxylic acids is 1. The average Bonchev–Trinajstić information content (AvgIpc) is 2.81. The van der Waals surface area contributed by atoms with Gasteiger partial charge in [-0.3, -0.25) is 19.7 Å². The van der Waals surface area contributed by atoms with Crippen molar-refractivity contribution >= 4 is 16.8 Å². The summed E-state index contributed by atoms with van der Waals surface area (Å²) in [5.74, 6) is -0.436. The van der Waals surface area contributed by atoms with Crippen LogP contribution in [-0.2, 0) is 24.1 Å². The highest BCUT2D eigenvalue weighted by Crippen LogP contribution is 2.17. The summed E-state index contributed by atoms with van der Waals surface area (Å²) in [6, 6.07) is 17.1. The second kappa shape index (κ2) is 9.91. The molecule has 1 aromatic carbocycles. The topological polar surface area (TPSA) is 93.8 Å². The first-order chi connectivity index (χ1) is 15.2. The molecule has 0 fully saturated rings. The van der Waals surface area contributed by atoms with Gasteiger partial charge in [0.1, 0.15) is 6.04 Å². The highest BCUT2D eigenvalue weighted by Gasteiger charge is 2.19. The molecule has 0 aliphatic heterocycles. The molecule has 0 spiro atoms. The highest BCUT2D eigenvalue weighted by molar-refractivity contribution is 5.83. The van der Waals surface area contributed by atoms with Crippen LogP contribution in [0.15, 0.2) is 79.4 Å². The van der Waals surface area contributed by atoms with E-state index in [0.717, 1.165) is 30.2 Å². The normalized spacial score (nSPS) is 12.0. The van der Waals surface area contributed by atoms with Crippen LogP contribution < -0.4 is 11.1 Å². The van der Waals surface area contributed by atoms with Crippen molar-refractivity contribution in [3.63, 3.8) is 0 Å². The molecule has 156 valence electrons. The summed E-state index contributed by atoms with van der Waals surface area (Å²) >= 11 is 0. The van der Waals surface area contributed by atoms with E-state index in [1.54, 1.807) is 12.4 Å². The Morgan fingerprint density at radius 2 is 1.74 bits per heavy atom. The Labute approximate surface area is 181 Å². The smallest absolute Gasteiger partial charge is 0.240 e. The summed E-state index contributed by atoms with van der Waals surface area (Å²) < 4.78 is 0. The first-order valence-electron chi connectivity index (χ1n) is 10.4. The predicted octanol–water partition coefficient (Wildman–Crippen LogP) is 3.17. The van der Waals surface area contributed by atoms with Crippen LogP contribution in [0.5, 0.6) is 0 Å². The molecule has 1 amide bonds. The lowest BCUT2D eigenvalue weighted by Gasteiger charge is -2.16. The number of rotatable bonds is 9. The average molecular weight is 412 g/mol. The van der Waals surface area contributed by atoms with Crippen molar-refractivity contribution in [3.8, 4) is 0 Å². The second-order valence-corrected chi connectivity index (χ2v) is 7.47. The van der Waals surface area contributed by atoms with E-state index in [9.17, 15) is 4.79 Å². The van der Waals surface area contributed by atoms with E-state index in [2.05, 4.69) is 26.3 Å². The maximum Gasteiger partial charge on any atom is 0.240 e. The number of aryl methyl sites for hydroxylation is 2. The fourth-order valence-electron chi connectivity index (χ4n) is 3.69. The van der Waals surface area contributed by atoms with Crippen LogP contribution in [0.2, 0.25) is 0 Å². The summed E-state index contributed by atoms with van der Waals surface area (Å²) in [5.41, 5.74) is 10.8. The molecular formula is C25H25N5O. The highest BCUT2D eigenvalue weighted by atomic mass is 16.1. The molecule has 0 aliphatic carbocycles. The third-order valence-corrected chi connectivity index (χ3v) is 5.35. The number of hydrogen-bond donors (Lipinski definition) is 2. The molecule has 0 bridgehead atoms. The standard InChI is InChI=1S/C25H25N5O/c26-25(31)24(23-10-9-20-5-1-2-6-22(20)30-23)29-15-12-19-11-14-28-17-21(19)8-7-18-4-3-13-27-16-18/h1-6,9-11,13-14,16-17,24,29H,7-8,12,15H2,(H2,26,31). The molecule has 6 nitrogen and oxygen atoms in total. The first kappa shape index (κ1) is 20.6. The van der Waals surface area contributed by atoms with Gasteiger partial charge in [0.15, 0.2) is 0 Å². The van der Waals surface area contributed by atoms with Gasteiger partial charge in [-0.15, -0.1) is 0 Å². The molecule has 0 aliphatic rings. The number of para-hydroxylation sites is 1. The van der Waals surface area contributed by atoms with Crippen molar-refractivity contribution in [2.24, 2.45) is 5.73 Å². The van der Waals surface area contributed by atoms with E-state index in [-0.39, 0.29) is 0 Å². The fraction of sp³-hybridized carbons (Fsp3) is 0.200. The van der Waals surface area contributed by atoms with Crippen LogP contribution >= 0.6 is 0 Å². The lowest BCUT2D eigenvalue weighted by molar-refractivity contribution is -0.120.